The van der Waals surface area contributed by atoms with E-state index in [-0.39, 0.29) is 33.5 Å². The lowest BCUT2D eigenvalue weighted by atomic mass is 9.36. The van der Waals surface area contributed by atoms with Crippen LogP contribution in [-0.4, -0.2) is 49.1 Å². The summed E-state index contributed by atoms with van der Waals surface area (Å²) in [5, 5.41) is 3.11. The summed E-state index contributed by atoms with van der Waals surface area (Å²) in [5.41, 5.74) is 0.527. The van der Waals surface area contributed by atoms with Crippen LogP contribution in [0.15, 0.2) is 0 Å². The molecule has 1 saturated heterocycles. The summed E-state index contributed by atoms with van der Waals surface area (Å²) in [7, 11) is 0. The van der Waals surface area contributed by atoms with E-state index in [1.165, 1.54) is 19.3 Å². The highest BCUT2D eigenvalue weighted by Gasteiger charge is 2.66. The Balaban J connectivity index is 1.50. The minimum Gasteiger partial charge on any atom is -0.378 e. The molecule has 1 atom stereocenters. The van der Waals surface area contributed by atoms with Crippen molar-refractivity contribution in [1.29, 1.82) is 0 Å². The maximum Gasteiger partial charge on any atom is 0.245 e. The molecule has 1 aliphatic heterocycles. The minimum atomic E-state index is -0.456. The predicted molar refractivity (Wildman–Crippen MR) is 99.5 cm³/mol. The molecule has 5 fully saturated rings. The molecule has 4 bridgehead atoms. The molecular formula is C21H34N2O3. The Hall–Kier alpha value is -1.10. The molecule has 5 rings (SSSR count). The van der Waals surface area contributed by atoms with E-state index < -0.39 is 6.04 Å². The molecule has 2 amide bonds. The zero-order valence-corrected chi connectivity index (χ0v) is 16.8. The molecule has 0 radical (unpaired) electrons. The highest BCUT2D eigenvalue weighted by atomic mass is 16.5. The summed E-state index contributed by atoms with van der Waals surface area (Å²) in [6.45, 7) is 11.4. The molecule has 0 spiro atoms. The number of nitrogens with zero attached hydrogens (tertiary/aromatic N) is 1. The standard InChI is InChI=1S/C21H34N2O3/c1-15(16(24)23-5-7-26-8-6-23)22-17(25)21-12-18(2)9-19(3,13-21)11-20(4,10-18)14-21/h15H,5-14H2,1-4H3,(H,22,25). The van der Waals surface area contributed by atoms with Gasteiger partial charge in [0, 0.05) is 13.1 Å². The van der Waals surface area contributed by atoms with Crippen molar-refractivity contribution in [3.8, 4) is 0 Å². The van der Waals surface area contributed by atoms with Crippen LogP contribution in [-0.2, 0) is 14.3 Å². The second kappa shape index (κ2) is 5.70. The topological polar surface area (TPSA) is 58.6 Å². The summed E-state index contributed by atoms with van der Waals surface area (Å²) in [4.78, 5) is 27.9. The predicted octanol–water partition coefficient (Wildman–Crippen LogP) is 2.74. The van der Waals surface area contributed by atoms with Gasteiger partial charge in [-0.3, -0.25) is 9.59 Å². The van der Waals surface area contributed by atoms with E-state index in [1.807, 2.05) is 11.8 Å². The summed E-state index contributed by atoms with van der Waals surface area (Å²) >= 11 is 0. The molecule has 1 unspecified atom stereocenters. The van der Waals surface area contributed by atoms with E-state index >= 15 is 0 Å². The number of hydrogen-bond acceptors (Lipinski definition) is 3. The first-order valence-corrected chi connectivity index (χ1v) is 10.2. The van der Waals surface area contributed by atoms with Gasteiger partial charge in [0.05, 0.1) is 18.6 Å². The molecule has 1 N–H and O–H groups in total. The first-order chi connectivity index (χ1) is 12.1. The Morgan fingerprint density at radius 3 is 1.81 bits per heavy atom. The fourth-order valence-corrected chi connectivity index (χ4v) is 8.00. The Morgan fingerprint density at radius 1 is 0.885 bits per heavy atom. The molecule has 0 aromatic rings. The molecule has 5 nitrogen and oxygen atoms in total. The molecule has 146 valence electrons. The number of carbonyl (C=O) groups excluding carboxylic acids is 2. The molecule has 4 aliphatic carbocycles. The lowest BCUT2D eigenvalue weighted by Gasteiger charge is -2.68. The van der Waals surface area contributed by atoms with Crippen LogP contribution in [0.25, 0.3) is 0 Å². The number of nitrogens with one attached hydrogen (secondary N) is 1. The lowest BCUT2D eigenvalue weighted by Crippen LogP contribution is -2.64. The Morgan fingerprint density at radius 2 is 1.35 bits per heavy atom. The number of morpholine rings is 1. The van der Waals surface area contributed by atoms with E-state index in [9.17, 15) is 9.59 Å². The van der Waals surface area contributed by atoms with Crippen molar-refractivity contribution < 1.29 is 14.3 Å². The average molecular weight is 363 g/mol. The highest BCUT2D eigenvalue weighted by Crippen LogP contribution is 2.73. The van der Waals surface area contributed by atoms with Crippen molar-refractivity contribution in [2.45, 2.75) is 72.3 Å². The number of ether oxygens (including phenoxy) is 1. The van der Waals surface area contributed by atoms with Crippen LogP contribution in [0.5, 0.6) is 0 Å². The molecule has 5 heteroatoms. The molecule has 0 aromatic heterocycles. The molecular weight excluding hydrogens is 328 g/mol. The van der Waals surface area contributed by atoms with Gasteiger partial charge in [-0.15, -0.1) is 0 Å². The van der Waals surface area contributed by atoms with Crippen LogP contribution in [0.1, 0.15) is 66.2 Å². The van der Waals surface area contributed by atoms with Gasteiger partial charge in [-0.2, -0.15) is 0 Å². The molecule has 1 heterocycles. The van der Waals surface area contributed by atoms with E-state index in [1.54, 1.807) is 0 Å². The van der Waals surface area contributed by atoms with Crippen molar-refractivity contribution in [2.24, 2.45) is 21.7 Å². The van der Waals surface area contributed by atoms with E-state index in [2.05, 4.69) is 26.1 Å². The van der Waals surface area contributed by atoms with Crippen molar-refractivity contribution in [2.75, 3.05) is 26.3 Å². The first-order valence-electron chi connectivity index (χ1n) is 10.2. The Kier molecular flexibility index (Phi) is 4.00. The van der Waals surface area contributed by atoms with E-state index in [4.69, 9.17) is 4.74 Å². The fourth-order valence-electron chi connectivity index (χ4n) is 8.00. The van der Waals surface area contributed by atoms with Gasteiger partial charge >= 0.3 is 0 Å². The van der Waals surface area contributed by atoms with Gasteiger partial charge in [0.1, 0.15) is 6.04 Å². The van der Waals surface area contributed by atoms with E-state index in [0.717, 1.165) is 19.3 Å². The summed E-state index contributed by atoms with van der Waals surface area (Å²) in [5.74, 6) is 0.143. The fraction of sp³-hybridized carbons (Fsp3) is 0.905. The zero-order chi connectivity index (χ0) is 18.8. The summed E-state index contributed by atoms with van der Waals surface area (Å²) in [6.07, 6.45) is 6.67. The molecule has 5 aliphatic rings. The largest absolute Gasteiger partial charge is 0.378 e. The van der Waals surface area contributed by atoms with Crippen LogP contribution in [0.2, 0.25) is 0 Å². The molecule has 26 heavy (non-hydrogen) atoms. The highest BCUT2D eigenvalue weighted by molar-refractivity contribution is 5.90. The SMILES string of the molecule is CC(NC(=O)C12CC3(C)CC(C)(CC(C)(C3)C1)C2)C(=O)N1CCOCC1. The third kappa shape index (κ3) is 2.96. The Bertz CT molecular complexity index is 571. The van der Waals surface area contributed by atoms with Gasteiger partial charge in [-0.05, 0) is 61.7 Å². The zero-order valence-electron chi connectivity index (χ0n) is 16.8. The number of carbonyl (C=O) groups is 2. The van der Waals surface area contributed by atoms with Gasteiger partial charge < -0.3 is 15.0 Å². The monoisotopic (exact) mass is 362 g/mol. The third-order valence-corrected chi connectivity index (χ3v) is 7.38. The van der Waals surface area contributed by atoms with Crippen molar-refractivity contribution in [1.82, 2.24) is 10.2 Å². The van der Waals surface area contributed by atoms with Crippen LogP contribution in [0.3, 0.4) is 0 Å². The lowest BCUT2D eigenvalue weighted by molar-refractivity contribution is -0.192. The van der Waals surface area contributed by atoms with Crippen LogP contribution in [0.4, 0.5) is 0 Å². The molecule has 0 aromatic carbocycles. The van der Waals surface area contributed by atoms with Crippen LogP contribution in [0, 0.1) is 21.7 Å². The second-order valence-corrected chi connectivity index (χ2v) is 10.9. The van der Waals surface area contributed by atoms with Crippen molar-refractivity contribution in [3.05, 3.63) is 0 Å². The van der Waals surface area contributed by atoms with E-state index in [0.29, 0.717) is 26.3 Å². The van der Waals surface area contributed by atoms with Crippen LogP contribution < -0.4 is 5.32 Å². The maximum atomic E-state index is 13.4. The third-order valence-electron chi connectivity index (χ3n) is 7.38. The van der Waals surface area contributed by atoms with Gasteiger partial charge in [0.25, 0.3) is 0 Å². The smallest absolute Gasteiger partial charge is 0.245 e. The normalized spacial score (nSPS) is 45.5. The van der Waals surface area contributed by atoms with Gasteiger partial charge in [0.2, 0.25) is 11.8 Å². The number of hydrogen-bond donors (Lipinski definition) is 1. The van der Waals surface area contributed by atoms with Gasteiger partial charge in [-0.1, -0.05) is 20.8 Å². The van der Waals surface area contributed by atoms with Crippen LogP contribution >= 0.6 is 0 Å². The van der Waals surface area contributed by atoms with Gasteiger partial charge in [0.15, 0.2) is 0 Å². The maximum absolute atomic E-state index is 13.4. The average Bonchev–Trinajstić information content (AvgIpc) is 2.50. The number of rotatable bonds is 3. The minimum absolute atomic E-state index is 0.0232. The van der Waals surface area contributed by atoms with Crippen molar-refractivity contribution >= 4 is 11.8 Å². The quantitative estimate of drug-likeness (QED) is 0.840. The Labute approximate surface area is 157 Å². The second-order valence-electron chi connectivity index (χ2n) is 10.9. The first kappa shape index (κ1) is 18.3. The summed E-state index contributed by atoms with van der Waals surface area (Å²) < 4.78 is 5.33. The summed E-state index contributed by atoms with van der Waals surface area (Å²) in [6, 6.07) is -0.456. The van der Waals surface area contributed by atoms with Crippen molar-refractivity contribution in [3.63, 3.8) is 0 Å². The van der Waals surface area contributed by atoms with Gasteiger partial charge in [-0.25, -0.2) is 0 Å². The number of amides is 2. The molecule has 4 saturated carbocycles.